The van der Waals surface area contributed by atoms with Crippen molar-refractivity contribution >= 4 is 21.4 Å². The van der Waals surface area contributed by atoms with Crippen molar-refractivity contribution in [2.45, 2.75) is 37.1 Å². The van der Waals surface area contributed by atoms with Crippen LogP contribution in [0.3, 0.4) is 0 Å². The first-order valence-corrected chi connectivity index (χ1v) is 20.6. The van der Waals surface area contributed by atoms with E-state index in [2.05, 4.69) is 4.52 Å². The molecule has 1 rings (SSSR count). The standard InChI is InChI=1S/C33H66BO22P/c34-29(35)1-2-42-3-4-43-5-6-44-7-8-45-9-10-46-11-12-47-13-14-48-15-16-49-17-18-50-19-20-51-21-22-52-23-24-53-25-26-54-33-32(38)31(37)30(36)28(56-33)27-55-57(39,40)41/h28,30-33,36-38H,1-27,34H2,(H2,39,40,41). The van der Waals surface area contributed by atoms with Gasteiger partial charge in [0.25, 0.3) is 0 Å². The summed E-state index contributed by atoms with van der Waals surface area (Å²) in [6.45, 7) is 9.30. The second-order valence-electron chi connectivity index (χ2n) is 12.0. The SMILES string of the molecule is BC(=O)CCOCCOCCOCCOCCOCCOCCOCCOCCOCCOCCOCCOCCOC1OC(COP(=O)(O)O)C(O)C(O)C1O. The average molecular weight is 857 g/mol. The third kappa shape index (κ3) is 34.6. The molecular weight excluding hydrogens is 790 g/mol. The molecule has 5 N–H and O–H groups in total. The van der Waals surface area contributed by atoms with Gasteiger partial charge in [0.05, 0.1) is 177 Å². The van der Waals surface area contributed by atoms with Gasteiger partial charge in [0, 0.05) is 6.42 Å². The van der Waals surface area contributed by atoms with E-state index in [1.807, 2.05) is 0 Å². The molecule has 0 radical (unpaired) electrons. The van der Waals surface area contributed by atoms with Gasteiger partial charge in [-0.25, -0.2) is 4.57 Å². The predicted molar refractivity (Wildman–Crippen MR) is 199 cm³/mol. The number of hydrogen-bond donors (Lipinski definition) is 5. The number of rotatable bonds is 43. The number of carbonyl (C=O) groups excluding carboxylic acids is 1. The van der Waals surface area contributed by atoms with Crippen LogP contribution >= 0.6 is 7.82 Å². The van der Waals surface area contributed by atoms with Gasteiger partial charge in [-0.2, -0.15) is 0 Å². The van der Waals surface area contributed by atoms with Crippen LogP contribution in [0.2, 0.25) is 0 Å². The molecule has 22 nitrogen and oxygen atoms in total. The number of aliphatic hydroxyl groups excluding tert-OH is 3. The van der Waals surface area contributed by atoms with Crippen LogP contribution in [0.25, 0.3) is 0 Å². The Morgan fingerprint density at radius 2 is 0.737 bits per heavy atom. The number of ether oxygens (including phenoxy) is 14. The van der Waals surface area contributed by atoms with Crippen LogP contribution in [0.15, 0.2) is 0 Å². The molecule has 1 heterocycles. The maximum absolute atomic E-state index is 10.9. The number of phosphoric ester groups is 1. The van der Waals surface area contributed by atoms with E-state index in [1.54, 1.807) is 0 Å². The summed E-state index contributed by atoms with van der Waals surface area (Å²) in [5.74, 6) is 0. The first kappa shape index (κ1) is 54.2. The maximum Gasteiger partial charge on any atom is 0.469 e. The predicted octanol–water partition coefficient (Wildman–Crippen LogP) is -3.33. The van der Waals surface area contributed by atoms with Crippen LogP contribution in [0.4, 0.5) is 0 Å². The van der Waals surface area contributed by atoms with Crippen molar-refractivity contribution < 1.29 is 105 Å². The maximum atomic E-state index is 10.9. The molecule has 5 unspecified atom stereocenters. The minimum Gasteiger partial charge on any atom is -0.387 e. The van der Waals surface area contributed by atoms with E-state index in [0.717, 1.165) is 0 Å². The van der Waals surface area contributed by atoms with Crippen LogP contribution < -0.4 is 0 Å². The summed E-state index contributed by atoms with van der Waals surface area (Å²) >= 11 is 0. The molecule has 5 atom stereocenters. The van der Waals surface area contributed by atoms with Crippen LogP contribution in [-0.4, -0.2) is 241 Å². The van der Waals surface area contributed by atoms with Crippen molar-refractivity contribution in [2.24, 2.45) is 0 Å². The molecule has 0 aromatic rings. The zero-order chi connectivity index (χ0) is 41.7. The summed E-state index contributed by atoms with van der Waals surface area (Å²) in [6, 6.07) is 0. The monoisotopic (exact) mass is 856 g/mol. The normalized spacial score (nSPS) is 20.1. The molecule has 57 heavy (non-hydrogen) atoms. The zero-order valence-corrected chi connectivity index (χ0v) is 34.0. The van der Waals surface area contributed by atoms with E-state index in [1.165, 1.54) is 7.85 Å². The van der Waals surface area contributed by atoms with Gasteiger partial charge < -0.3 is 96.2 Å². The summed E-state index contributed by atoms with van der Waals surface area (Å²) in [5.41, 5.74) is 0.112. The molecule has 1 saturated heterocycles. The van der Waals surface area contributed by atoms with Crippen molar-refractivity contribution in [3.05, 3.63) is 0 Å². The van der Waals surface area contributed by atoms with E-state index < -0.39 is 45.1 Å². The molecule has 1 aliphatic rings. The number of carbonyl (C=O) groups is 1. The molecular formula is C33H66BO22P. The highest BCUT2D eigenvalue weighted by atomic mass is 31.2. The Bertz CT molecular complexity index is 956. The molecule has 0 aromatic carbocycles. The minimum atomic E-state index is -4.82. The minimum absolute atomic E-state index is 0.0355. The third-order valence-electron chi connectivity index (χ3n) is 7.28. The molecule has 0 aliphatic carbocycles. The zero-order valence-electron chi connectivity index (χ0n) is 33.1. The topological polar surface area (TPSA) is 274 Å². The summed E-state index contributed by atoms with van der Waals surface area (Å²) in [6.07, 6.45) is -7.16. The van der Waals surface area contributed by atoms with Gasteiger partial charge in [0.1, 0.15) is 24.4 Å². The fourth-order valence-electron chi connectivity index (χ4n) is 4.32. The van der Waals surface area contributed by atoms with E-state index in [0.29, 0.717) is 152 Å². The fourth-order valence-corrected chi connectivity index (χ4v) is 4.66. The van der Waals surface area contributed by atoms with Gasteiger partial charge in [-0.1, -0.05) is 0 Å². The largest absolute Gasteiger partial charge is 0.469 e. The summed E-state index contributed by atoms with van der Waals surface area (Å²) < 4.78 is 90.8. The summed E-state index contributed by atoms with van der Waals surface area (Å²) in [4.78, 5) is 28.4. The lowest BCUT2D eigenvalue weighted by Gasteiger charge is -2.40. The van der Waals surface area contributed by atoms with Crippen molar-refractivity contribution in [3.8, 4) is 0 Å². The van der Waals surface area contributed by atoms with Crippen LogP contribution in [0, 0.1) is 0 Å². The molecule has 0 aromatic heterocycles. The lowest BCUT2D eigenvalue weighted by molar-refractivity contribution is -0.301. The fraction of sp³-hybridized carbons (Fsp3) is 0.970. The number of hydrogen-bond acceptors (Lipinski definition) is 20. The van der Waals surface area contributed by atoms with Gasteiger partial charge in [-0.15, -0.1) is 0 Å². The van der Waals surface area contributed by atoms with E-state index in [9.17, 15) is 24.7 Å². The van der Waals surface area contributed by atoms with E-state index >= 15 is 0 Å². The van der Waals surface area contributed by atoms with E-state index in [4.69, 9.17) is 76.1 Å². The molecule has 338 valence electrons. The highest BCUT2D eigenvalue weighted by molar-refractivity contribution is 7.46. The lowest BCUT2D eigenvalue weighted by atomic mass is 9.99. The first-order chi connectivity index (χ1) is 27.6. The molecule has 1 aliphatic heterocycles. The molecule has 0 amide bonds. The highest BCUT2D eigenvalue weighted by Gasteiger charge is 2.45. The van der Waals surface area contributed by atoms with Crippen molar-refractivity contribution in [1.82, 2.24) is 0 Å². The van der Waals surface area contributed by atoms with E-state index in [-0.39, 0.29) is 25.5 Å². The third-order valence-corrected chi connectivity index (χ3v) is 7.76. The lowest BCUT2D eigenvalue weighted by Crippen LogP contribution is -2.59. The van der Waals surface area contributed by atoms with Gasteiger partial charge in [0.15, 0.2) is 14.1 Å². The van der Waals surface area contributed by atoms with Crippen LogP contribution in [-0.2, 0) is 80.2 Å². The Balaban J connectivity index is 1.72. The van der Waals surface area contributed by atoms with Gasteiger partial charge in [-0.3, -0.25) is 4.52 Å². The Labute approximate surface area is 335 Å². The molecule has 0 spiro atoms. The highest BCUT2D eigenvalue weighted by Crippen LogP contribution is 2.37. The molecule has 24 heteroatoms. The number of aliphatic hydroxyl groups is 3. The quantitative estimate of drug-likeness (QED) is 0.0228. The van der Waals surface area contributed by atoms with Crippen LogP contribution in [0.1, 0.15) is 6.42 Å². The molecule has 0 bridgehead atoms. The van der Waals surface area contributed by atoms with Gasteiger partial charge in [0.2, 0.25) is 0 Å². The Morgan fingerprint density at radius 1 is 0.456 bits per heavy atom. The second-order valence-corrected chi connectivity index (χ2v) is 13.2. The van der Waals surface area contributed by atoms with Crippen molar-refractivity contribution in [3.63, 3.8) is 0 Å². The van der Waals surface area contributed by atoms with Gasteiger partial charge >= 0.3 is 7.82 Å². The summed E-state index contributed by atoms with van der Waals surface area (Å²) in [7, 11) is -3.29. The summed E-state index contributed by atoms with van der Waals surface area (Å²) in [5, 5.41) is 29.9. The Kier molecular flexibility index (Phi) is 36.2. The molecule has 1 fully saturated rings. The average Bonchev–Trinajstić information content (AvgIpc) is 3.17. The van der Waals surface area contributed by atoms with Crippen molar-refractivity contribution in [2.75, 3.05) is 172 Å². The molecule has 0 saturated carbocycles. The van der Waals surface area contributed by atoms with Crippen molar-refractivity contribution in [1.29, 1.82) is 0 Å². The second kappa shape index (κ2) is 38.1. The van der Waals surface area contributed by atoms with Crippen LogP contribution in [0.5, 0.6) is 0 Å². The Hall–Kier alpha value is -0.835. The smallest absolute Gasteiger partial charge is 0.387 e. The van der Waals surface area contributed by atoms with Gasteiger partial charge in [-0.05, 0) is 0 Å². The Morgan fingerprint density at radius 3 is 1.02 bits per heavy atom. The number of phosphoric acid groups is 1. The first-order valence-electron chi connectivity index (χ1n) is 19.1.